The van der Waals surface area contributed by atoms with E-state index in [0.717, 1.165) is 69.3 Å². The van der Waals surface area contributed by atoms with E-state index in [-0.39, 0.29) is 0 Å². The summed E-state index contributed by atoms with van der Waals surface area (Å²) in [5.41, 5.74) is 5.81. The molecule has 0 aliphatic rings. The van der Waals surface area contributed by atoms with Gasteiger partial charge in [-0.1, -0.05) is 23.7 Å². The number of rotatable bonds is 4. The van der Waals surface area contributed by atoms with Crippen LogP contribution in [0.1, 0.15) is 15.0 Å². The summed E-state index contributed by atoms with van der Waals surface area (Å²) in [4.78, 5) is 30.6. The van der Waals surface area contributed by atoms with E-state index < -0.39 is 0 Å². The maximum atomic E-state index is 6.05. The molecular weight excluding hydrogens is 580 g/mol. The lowest BCUT2D eigenvalue weighted by Crippen LogP contribution is -1.96. The molecule has 40 heavy (non-hydrogen) atoms. The highest BCUT2D eigenvalue weighted by Gasteiger charge is 2.15. The Kier molecular flexibility index (Phi) is 7.44. The molecule has 198 valence electrons. The Balaban J connectivity index is 0.000000151. The monoisotopic (exact) mass is 600 g/mol. The summed E-state index contributed by atoms with van der Waals surface area (Å²) >= 11 is 10.9. The van der Waals surface area contributed by atoms with Gasteiger partial charge in [-0.2, -0.15) is 0 Å². The van der Waals surface area contributed by atoms with Gasteiger partial charge in [-0.05, 0) is 32.9 Å². The number of halogens is 1. The third-order valence-corrected chi connectivity index (χ3v) is 8.88. The van der Waals surface area contributed by atoms with Crippen LogP contribution in [0.15, 0.2) is 66.8 Å². The Morgan fingerprint density at radius 2 is 1.30 bits per heavy atom. The molecule has 0 saturated heterocycles. The van der Waals surface area contributed by atoms with E-state index >= 15 is 0 Å². The van der Waals surface area contributed by atoms with Gasteiger partial charge in [0.2, 0.25) is 0 Å². The second-order valence-electron chi connectivity index (χ2n) is 8.66. The van der Waals surface area contributed by atoms with E-state index in [1.54, 1.807) is 52.6 Å². The molecule has 0 amide bonds. The van der Waals surface area contributed by atoms with E-state index in [2.05, 4.69) is 40.2 Å². The molecule has 0 aromatic carbocycles. The van der Waals surface area contributed by atoms with Crippen molar-refractivity contribution in [1.82, 2.24) is 34.9 Å². The first-order chi connectivity index (χ1) is 19.5. The molecule has 0 radical (unpaired) electrons. The predicted molar refractivity (Wildman–Crippen MR) is 166 cm³/mol. The van der Waals surface area contributed by atoms with Crippen LogP contribution in [0.2, 0.25) is 5.15 Å². The molecule has 0 aliphatic heterocycles. The second-order valence-corrected chi connectivity index (χ2v) is 12.5. The number of nitrogens with one attached hydrogen (secondary N) is 1. The van der Waals surface area contributed by atoms with Crippen molar-refractivity contribution in [2.24, 2.45) is 0 Å². The van der Waals surface area contributed by atoms with Crippen LogP contribution in [0.25, 0.3) is 42.7 Å². The Morgan fingerprint density at radius 3 is 1.88 bits per heavy atom. The Labute approximate surface area is 246 Å². The number of pyridine rings is 4. The molecule has 1 N–H and O–H groups in total. The molecule has 0 spiro atoms. The number of nitrogens with zero attached hydrogens (tertiary/aromatic N) is 7. The van der Waals surface area contributed by atoms with Crippen LogP contribution >= 0.6 is 45.6 Å². The zero-order valence-electron chi connectivity index (χ0n) is 21.6. The highest BCUT2D eigenvalue weighted by atomic mass is 35.5. The van der Waals surface area contributed by atoms with Crippen LogP contribution in [0, 0.1) is 20.8 Å². The van der Waals surface area contributed by atoms with Gasteiger partial charge in [0.05, 0.1) is 24.4 Å². The van der Waals surface area contributed by atoms with Crippen molar-refractivity contribution >= 4 is 77.7 Å². The van der Waals surface area contributed by atoms with E-state index in [4.69, 9.17) is 11.6 Å². The third-order valence-electron chi connectivity index (χ3n) is 5.82. The van der Waals surface area contributed by atoms with Gasteiger partial charge in [-0.15, -0.1) is 34.0 Å². The molecule has 0 saturated carbocycles. The topological polar surface area (TPSA) is 102 Å². The molecule has 7 rings (SSSR count). The van der Waals surface area contributed by atoms with Crippen molar-refractivity contribution in [2.75, 3.05) is 5.32 Å². The molecular formula is C28H21ClN8S3. The first kappa shape index (κ1) is 26.3. The van der Waals surface area contributed by atoms with Gasteiger partial charge < -0.3 is 5.32 Å². The van der Waals surface area contributed by atoms with E-state index in [0.29, 0.717) is 5.15 Å². The van der Waals surface area contributed by atoms with Crippen LogP contribution < -0.4 is 5.32 Å². The van der Waals surface area contributed by atoms with Gasteiger partial charge in [0.15, 0.2) is 11.0 Å². The molecule has 7 aromatic rings. The predicted octanol–water partition coefficient (Wildman–Crippen LogP) is 8.29. The highest BCUT2D eigenvalue weighted by molar-refractivity contribution is 7.19. The van der Waals surface area contributed by atoms with Gasteiger partial charge in [0, 0.05) is 64.8 Å². The summed E-state index contributed by atoms with van der Waals surface area (Å²) in [7, 11) is 0. The minimum atomic E-state index is 0.456. The molecule has 0 atom stereocenters. The van der Waals surface area contributed by atoms with Crippen molar-refractivity contribution in [2.45, 2.75) is 20.8 Å². The van der Waals surface area contributed by atoms with Crippen molar-refractivity contribution in [3.63, 3.8) is 0 Å². The van der Waals surface area contributed by atoms with Crippen molar-refractivity contribution < 1.29 is 0 Å². The molecule has 7 aromatic heterocycles. The van der Waals surface area contributed by atoms with Crippen molar-refractivity contribution in [3.8, 4) is 22.3 Å². The number of anilines is 2. The quantitative estimate of drug-likeness (QED) is 0.201. The molecule has 8 nitrogen and oxygen atoms in total. The Morgan fingerprint density at radius 1 is 0.700 bits per heavy atom. The van der Waals surface area contributed by atoms with Crippen LogP contribution in [-0.2, 0) is 0 Å². The Hall–Kier alpha value is -3.90. The van der Waals surface area contributed by atoms with E-state index in [1.807, 2.05) is 69.0 Å². The van der Waals surface area contributed by atoms with Crippen LogP contribution in [0.3, 0.4) is 0 Å². The number of aryl methyl sites for hydroxylation is 3. The summed E-state index contributed by atoms with van der Waals surface area (Å²) in [6.45, 7) is 5.96. The minimum absolute atomic E-state index is 0.456. The normalized spacial score (nSPS) is 11.0. The largest absolute Gasteiger partial charge is 0.322 e. The fraction of sp³-hybridized carbons (Fsp3) is 0.107. The average Bonchev–Trinajstić information content (AvgIpc) is 3.68. The molecule has 0 unspecified atom stereocenters. The molecule has 0 aliphatic carbocycles. The highest BCUT2D eigenvalue weighted by Crippen LogP contribution is 2.36. The van der Waals surface area contributed by atoms with Gasteiger partial charge in [0.25, 0.3) is 0 Å². The second kappa shape index (κ2) is 11.3. The van der Waals surface area contributed by atoms with Crippen LogP contribution in [-0.4, -0.2) is 34.9 Å². The summed E-state index contributed by atoms with van der Waals surface area (Å²) < 4.78 is 2.18. The molecule has 0 bridgehead atoms. The summed E-state index contributed by atoms with van der Waals surface area (Å²) in [6, 6.07) is 7.88. The van der Waals surface area contributed by atoms with Gasteiger partial charge in [-0.25, -0.2) is 24.9 Å². The summed E-state index contributed by atoms with van der Waals surface area (Å²) in [5, 5.41) is 8.73. The zero-order chi connectivity index (χ0) is 27.6. The molecule has 0 fully saturated rings. The number of hydrogen-bond acceptors (Lipinski definition) is 11. The lowest BCUT2D eigenvalue weighted by Gasteiger charge is -2.06. The van der Waals surface area contributed by atoms with Gasteiger partial charge in [0.1, 0.15) is 16.9 Å². The first-order valence-corrected chi connectivity index (χ1v) is 15.0. The minimum Gasteiger partial charge on any atom is -0.322 e. The van der Waals surface area contributed by atoms with E-state index in [1.165, 1.54) is 0 Å². The number of aromatic nitrogens is 7. The lowest BCUT2D eigenvalue weighted by atomic mass is 10.1. The number of thiazole rings is 3. The average molecular weight is 601 g/mol. The van der Waals surface area contributed by atoms with Crippen molar-refractivity contribution in [3.05, 3.63) is 87.0 Å². The SMILES string of the molecule is Cc1nc(Nc2ncc(-c3cccnc3)c3sc(C)nc23)cs1.Cc1nc2c(Cl)ncc(-c3cccnc3)c2s1. The van der Waals surface area contributed by atoms with Gasteiger partial charge in [-0.3, -0.25) is 9.97 Å². The summed E-state index contributed by atoms with van der Waals surface area (Å²) in [5.74, 6) is 1.54. The first-order valence-electron chi connectivity index (χ1n) is 12.1. The van der Waals surface area contributed by atoms with Crippen molar-refractivity contribution in [1.29, 1.82) is 0 Å². The number of fused-ring (bicyclic) bond motifs is 2. The lowest BCUT2D eigenvalue weighted by molar-refractivity contribution is 1.24. The maximum Gasteiger partial charge on any atom is 0.159 e. The molecule has 7 heterocycles. The maximum absolute atomic E-state index is 6.05. The summed E-state index contributed by atoms with van der Waals surface area (Å²) in [6.07, 6.45) is 10.8. The van der Waals surface area contributed by atoms with Crippen LogP contribution in [0.4, 0.5) is 11.6 Å². The smallest absolute Gasteiger partial charge is 0.159 e. The zero-order valence-corrected chi connectivity index (χ0v) is 24.8. The third kappa shape index (κ3) is 5.41. The number of hydrogen-bond donors (Lipinski definition) is 1. The fourth-order valence-electron chi connectivity index (χ4n) is 4.10. The Bertz CT molecular complexity index is 1930. The van der Waals surface area contributed by atoms with Gasteiger partial charge >= 0.3 is 0 Å². The fourth-order valence-corrected chi connectivity index (χ4v) is 6.79. The van der Waals surface area contributed by atoms with E-state index in [9.17, 15) is 0 Å². The standard InChI is InChI=1S/C16H13N5S2.C12H8ClN3S/c1-9-19-13(8-22-9)21-16-14-15(23-10(2)20-14)12(7-18-16)11-4-3-5-17-6-11;1-7-16-10-11(17-7)9(6-15-12(10)13)8-3-2-4-14-5-8/h3-8H,1-2H3,(H,18,21);2-6H,1H3. The molecule has 12 heteroatoms. The van der Waals surface area contributed by atoms with Crippen LogP contribution in [0.5, 0.6) is 0 Å².